The molecule has 3 N–H and O–H groups in total. The van der Waals surface area contributed by atoms with Crippen molar-refractivity contribution < 1.29 is 9.84 Å². The molecule has 1 aliphatic carbocycles. The Hall–Kier alpha value is -3.09. The second-order valence-corrected chi connectivity index (χ2v) is 10.7. The van der Waals surface area contributed by atoms with E-state index in [0.717, 1.165) is 62.6 Å². The number of aromatic nitrogens is 1. The maximum Gasteiger partial charge on any atom is 0.248 e. The highest BCUT2D eigenvalue weighted by molar-refractivity contribution is 5.87. The van der Waals surface area contributed by atoms with Crippen molar-refractivity contribution in [3.63, 3.8) is 0 Å². The smallest absolute Gasteiger partial charge is 0.248 e. The van der Waals surface area contributed by atoms with Crippen LogP contribution < -0.4 is 15.6 Å². The van der Waals surface area contributed by atoms with E-state index in [1.54, 1.807) is 6.07 Å². The van der Waals surface area contributed by atoms with Gasteiger partial charge in [0.15, 0.2) is 0 Å². The number of hydrogen-bond donors (Lipinski definition) is 3. The van der Waals surface area contributed by atoms with Crippen LogP contribution in [0.3, 0.4) is 0 Å². The van der Waals surface area contributed by atoms with Crippen LogP contribution in [0.2, 0.25) is 0 Å². The second-order valence-electron chi connectivity index (χ2n) is 10.7. The van der Waals surface area contributed by atoms with Crippen LogP contribution in [0.4, 0.5) is 0 Å². The number of piperidine rings is 1. The van der Waals surface area contributed by atoms with Crippen molar-refractivity contribution in [2.24, 2.45) is 0 Å². The van der Waals surface area contributed by atoms with Gasteiger partial charge >= 0.3 is 0 Å². The van der Waals surface area contributed by atoms with Crippen LogP contribution in [-0.2, 0) is 25.7 Å². The number of pyridine rings is 1. The average molecular weight is 516 g/mol. The summed E-state index contributed by atoms with van der Waals surface area (Å²) < 4.78 is 6.38. The number of ether oxygens (including phenoxy) is 1. The van der Waals surface area contributed by atoms with E-state index in [9.17, 15) is 9.90 Å². The lowest BCUT2D eigenvalue weighted by Gasteiger charge is -2.31. The van der Waals surface area contributed by atoms with Crippen molar-refractivity contribution >= 4 is 10.9 Å². The quantitative estimate of drug-likeness (QED) is 0.381. The van der Waals surface area contributed by atoms with Crippen LogP contribution in [0.1, 0.15) is 67.5 Å². The molecule has 5 rings (SSSR count). The molecule has 1 aliphatic heterocycles. The molecule has 1 saturated heterocycles. The molecule has 1 fully saturated rings. The molecule has 0 bridgehead atoms. The number of allylic oxidation sites excluding steroid dienone is 1. The molecule has 0 spiro atoms. The van der Waals surface area contributed by atoms with Gasteiger partial charge in [0.05, 0.1) is 11.6 Å². The number of hydrogen-bond acceptors (Lipinski definition) is 5. The zero-order valence-electron chi connectivity index (χ0n) is 22.9. The summed E-state index contributed by atoms with van der Waals surface area (Å²) in [6.07, 6.45) is 9.58. The van der Waals surface area contributed by atoms with Crippen molar-refractivity contribution in [3.05, 3.63) is 86.8 Å². The summed E-state index contributed by atoms with van der Waals surface area (Å²) in [5.41, 5.74) is 7.08. The van der Waals surface area contributed by atoms with Gasteiger partial charge in [0, 0.05) is 50.0 Å². The Morgan fingerprint density at radius 1 is 1.08 bits per heavy atom. The van der Waals surface area contributed by atoms with E-state index in [1.807, 2.05) is 19.1 Å². The van der Waals surface area contributed by atoms with E-state index >= 15 is 0 Å². The summed E-state index contributed by atoms with van der Waals surface area (Å²) in [4.78, 5) is 17.5. The van der Waals surface area contributed by atoms with Crippen LogP contribution in [0, 0.1) is 0 Å². The van der Waals surface area contributed by atoms with Gasteiger partial charge in [0.25, 0.3) is 0 Å². The Morgan fingerprint density at radius 2 is 1.76 bits per heavy atom. The predicted molar refractivity (Wildman–Crippen MR) is 154 cm³/mol. The van der Waals surface area contributed by atoms with E-state index < -0.39 is 6.10 Å². The number of aryl methyl sites for hydroxylation is 2. The number of fused-ring (bicyclic) bond motifs is 2. The highest BCUT2D eigenvalue weighted by atomic mass is 16.5. The van der Waals surface area contributed by atoms with Crippen molar-refractivity contribution in [1.29, 1.82) is 0 Å². The maximum absolute atomic E-state index is 12.2. The monoisotopic (exact) mass is 515 g/mol. The minimum Gasteiger partial charge on any atom is -0.488 e. The first-order valence-electron chi connectivity index (χ1n) is 14.2. The summed E-state index contributed by atoms with van der Waals surface area (Å²) in [6.45, 7) is 8.85. The summed E-state index contributed by atoms with van der Waals surface area (Å²) in [6, 6.07) is 12.3. The van der Waals surface area contributed by atoms with Gasteiger partial charge in [-0.25, -0.2) is 0 Å². The Bertz CT molecular complexity index is 1320. The van der Waals surface area contributed by atoms with E-state index in [4.69, 9.17) is 4.74 Å². The van der Waals surface area contributed by atoms with Gasteiger partial charge in [0.2, 0.25) is 5.56 Å². The number of aromatic amines is 1. The summed E-state index contributed by atoms with van der Waals surface area (Å²) in [7, 11) is 0. The molecule has 6 nitrogen and oxygen atoms in total. The number of aliphatic hydroxyl groups excluding tert-OH is 1. The highest BCUT2D eigenvalue weighted by Crippen LogP contribution is 2.32. The lowest BCUT2D eigenvalue weighted by Crippen LogP contribution is -2.35. The fourth-order valence-corrected chi connectivity index (χ4v) is 6.14. The first-order valence-corrected chi connectivity index (χ1v) is 14.2. The molecule has 0 unspecified atom stereocenters. The standard InChI is InChI=1S/C32H41N3O3/c1-4-13-35-14-11-26(12-15-35)38-30-9-7-27(28-8-10-31(37)34-32(28)30)29(36)20-33-25-18-23-16-21(5-2)22(6-3)17-24(23)19-25/h4,7-10,13,16-17,25-26,29,33,36H,5-6,11-12,14-15,18-20H2,1-3H3,(H,34,37)/t29-/m1/s1. The van der Waals surface area contributed by atoms with Gasteiger partial charge < -0.3 is 25.0 Å². The van der Waals surface area contributed by atoms with Gasteiger partial charge in [-0.1, -0.05) is 38.1 Å². The molecule has 6 heteroatoms. The zero-order valence-corrected chi connectivity index (χ0v) is 22.9. The minimum absolute atomic E-state index is 0.103. The Kier molecular flexibility index (Phi) is 8.20. The normalized spacial score (nSPS) is 17.4. The maximum atomic E-state index is 12.2. The molecule has 2 heterocycles. The van der Waals surface area contributed by atoms with Crippen LogP contribution in [0.5, 0.6) is 5.75 Å². The molecule has 2 aliphatic rings. The number of nitrogens with zero attached hydrogens (tertiary/aromatic N) is 1. The van der Waals surface area contributed by atoms with E-state index in [0.29, 0.717) is 23.9 Å². The first kappa shape index (κ1) is 26.5. The first-order chi connectivity index (χ1) is 18.5. The van der Waals surface area contributed by atoms with Crippen LogP contribution in [0.25, 0.3) is 10.9 Å². The topological polar surface area (TPSA) is 77.6 Å². The molecular formula is C32H41N3O3. The van der Waals surface area contributed by atoms with Gasteiger partial charge in [-0.15, -0.1) is 0 Å². The third kappa shape index (κ3) is 5.67. The van der Waals surface area contributed by atoms with Gasteiger partial charge in [-0.3, -0.25) is 4.79 Å². The fourth-order valence-electron chi connectivity index (χ4n) is 6.14. The third-order valence-electron chi connectivity index (χ3n) is 8.20. The number of rotatable bonds is 9. The number of H-pyrrole nitrogens is 1. The van der Waals surface area contributed by atoms with Gasteiger partial charge in [-0.2, -0.15) is 0 Å². The van der Waals surface area contributed by atoms with Gasteiger partial charge in [-0.05, 0) is 78.8 Å². The molecule has 202 valence electrons. The zero-order chi connectivity index (χ0) is 26.6. The second kappa shape index (κ2) is 11.7. The van der Waals surface area contributed by atoms with Crippen molar-refractivity contribution in [1.82, 2.24) is 15.2 Å². The molecule has 38 heavy (non-hydrogen) atoms. The van der Waals surface area contributed by atoms with Gasteiger partial charge in [0.1, 0.15) is 11.9 Å². The highest BCUT2D eigenvalue weighted by Gasteiger charge is 2.25. The molecule has 0 saturated carbocycles. The molecule has 0 radical (unpaired) electrons. The van der Waals surface area contributed by atoms with E-state index in [-0.39, 0.29) is 11.7 Å². The van der Waals surface area contributed by atoms with Crippen molar-refractivity contribution in [3.8, 4) is 5.75 Å². The van der Waals surface area contributed by atoms with Crippen molar-refractivity contribution in [2.75, 3.05) is 19.6 Å². The largest absolute Gasteiger partial charge is 0.488 e. The predicted octanol–water partition coefficient (Wildman–Crippen LogP) is 4.82. The summed E-state index contributed by atoms with van der Waals surface area (Å²) in [5, 5.41) is 15.7. The molecule has 1 aromatic heterocycles. The van der Waals surface area contributed by atoms with Crippen molar-refractivity contribution in [2.45, 2.75) is 77.5 Å². The Labute approximate surface area is 225 Å². The molecular weight excluding hydrogens is 474 g/mol. The summed E-state index contributed by atoms with van der Waals surface area (Å²) in [5.74, 6) is 0.677. The van der Waals surface area contributed by atoms with Crippen LogP contribution in [0.15, 0.2) is 53.5 Å². The molecule has 0 amide bonds. The SMILES string of the molecule is CC=CN1CCC(Oc2ccc([C@H](O)CNC3Cc4cc(CC)c(CC)cc4C3)c3ccc(=O)[nH]c23)CC1. The average Bonchev–Trinajstić information content (AvgIpc) is 3.34. The molecule has 1 atom stereocenters. The summed E-state index contributed by atoms with van der Waals surface area (Å²) >= 11 is 0. The van der Waals surface area contributed by atoms with E-state index in [2.05, 4.69) is 53.5 Å². The molecule has 2 aromatic carbocycles. The van der Waals surface area contributed by atoms with Crippen LogP contribution in [-0.4, -0.2) is 46.8 Å². The lowest BCUT2D eigenvalue weighted by atomic mass is 9.97. The number of likely N-dealkylation sites (tertiary alicyclic amines) is 1. The lowest BCUT2D eigenvalue weighted by molar-refractivity contribution is 0.124. The Balaban J connectivity index is 1.27. The number of nitrogens with one attached hydrogen (secondary N) is 2. The molecule has 3 aromatic rings. The third-order valence-corrected chi connectivity index (χ3v) is 8.20. The minimum atomic E-state index is -0.692. The van der Waals surface area contributed by atoms with Crippen LogP contribution >= 0.6 is 0 Å². The fraction of sp³-hybridized carbons (Fsp3) is 0.469. The Morgan fingerprint density at radius 3 is 2.39 bits per heavy atom. The number of benzene rings is 2. The van der Waals surface area contributed by atoms with E-state index in [1.165, 1.54) is 28.3 Å². The number of aliphatic hydroxyl groups is 1.